The standard InChI is InChI=1S/C23H30N4O/c1-18-14-24-22(25-15-18)27-16-19-4-2-3-5-21(19)23(17-27)8-10-26(11-9-23)20-6-12-28-13-7-20/h2-5,14-15,20H,6-13,16-17H2,1H3. The van der Waals surface area contributed by atoms with Crippen LogP contribution in [-0.4, -0.2) is 53.8 Å². The second-order valence-electron chi connectivity index (χ2n) is 8.73. The smallest absolute Gasteiger partial charge is 0.225 e. The van der Waals surface area contributed by atoms with E-state index in [2.05, 4.69) is 44.0 Å². The zero-order valence-corrected chi connectivity index (χ0v) is 16.8. The van der Waals surface area contributed by atoms with Crippen LogP contribution >= 0.6 is 0 Å². The number of ether oxygens (including phenoxy) is 1. The number of benzene rings is 1. The number of aryl methyl sites for hydroxylation is 1. The SMILES string of the molecule is Cc1cnc(N2Cc3ccccc3C3(CCN(C4CCOCC4)CC3)C2)nc1. The molecule has 0 saturated carbocycles. The highest BCUT2D eigenvalue weighted by molar-refractivity contribution is 5.46. The number of hydrogen-bond donors (Lipinski definition) is 0. The quantitative estimate of drug-likeness (QED) is 0.802. The van der Waals surface area contributed by atoms with Gasteiger partial charge in [0.25, 0.3) is 0 Å². The van der Waals surface area contributed by atoms with Crippen LogP contribution in [0.4, 0.5) is 5.95 Å². The van der Waals surface area contributed by atoms with E-state index in [1.54, 1.807) is 5.56 Å². The van der Waals surface area contributed by atoms with Crippen LogP contribution in [0, 0.1) is 6.92 Å². The fourth-order valence-electron chi connectivity index (χ4n) is 5.37. The fourth-order valence-corrected chi connectivity index (χ4v) is 5.37. The van der Waals surface area contributed by atoms with Crippen molar-refractivity contribution >= 4 is 5.95 Å². The van der Waals surface area contributed by atoms with Crippen LogP contribution in [-0.2, 0) is 16.7 Å². The fraction of sp³-hybridized carbons (Fsp3) is 0.565. The lowest BCUT2D eigenvalue weighted by Crippen LogP contribution is -2.54. The highest BCUT2D eigenvalue weighted by Gasteiger charge is 2.43. The minimum atomic E-state index is 0.213. The van der Waals surface area contributed by atoms with Crippen molar-refractivity contribution in [2.45, 2.75) is 50.6 Å². The number of piperidine rings is 1. The number of anilines is 1. The van der Waals surface area contributed by atoms with Crippen LogP contribution in [0.3, 0.4) is 0 Å². The van der Waals surface area contributed by atoms with Gasteiger partial charge in [0.05, 0.1) is 0 Å². The monoisotopic (exact) mass is 378 g/mol. The van der Waals surface area contributed by atoms with Gasteiger partial charge in [-0.05, 0) is 62.4 Å². The average Bonchev–Trinajstić information content (AvgIpc) is 2.75. The van der Waals surface area contributed by atoms with Crippen molar-refractivity contribution in [3.8, 4) is 0 Å². The molecule has 0 bridgehead atoms. The van der Waals surface area contributed by atoms with E-state index in [9.17, 15) is 0 Å². The van der Waals surface area contributed by atoms with E-state index in [-0.39, 0.29) is 5.41 Å². The van der Waals surface area contributed by atoms with Gasteiger partial charge in [-0.15, -0.1) is 0 Å². The Hall–Kier alpha value is -1.98. The molecule has 3 aliphatic heterocycles. The van der Waals surface area contributed by atoms with Gasteiger partial charge in [0.1, 0.15) is 0 Å². The number of fused-ring (bicyclic) bond motifs is 2. The molecule has 2 fully saturated rings. The molecule has 4 heterocycles. The Morgan fingerprint density at radius 1 is 1.04 bits per heavy atom. The molecule has 0 amide bonds. The van der Waals surface area contributed by atoms with E-state index >= 15 is 0 Å². The predicted molar refractivity (Wildman–Crippen MR) is 111 cm³/mol. The van der Waals surface area contributed by atoms with Crippen molar-refractivity contribution in [1.29, 1.82) is 0 Å². The Morgan fingerprint density at radius 2 is 1.75 bits per heavy atom. The third-order valence-corrected chi connectivity index (χ3v) is 6.96. The summed E-state index contributed by atoms with van der Waals surface area (Å²) < 4.78 is 5.57. The summed E-state index contributed by atoms with van der Waals surface area (Å²) in [5.74, 6) is 0.867. The largest absolute Gasteiger partial charge is 0.381 e. The molecule has 0 aliphatic carbocycles. The zero-order chi connectivity index (χ0) is 19.0. The molecule has 28 heavy (non-hydrogen) atoms. The van der Waals surface area contributed by atoms with E-state index in [1.807, 2.05) is 19.3 Å². The van der Waals surface area contributed by atoms with Gasteiger partial charge < -0.3 is 14.5 Å². The van der Waals surface area contributed by atoms with Crippen molar-refractivity contribution in [1.82, 2.24) is 14.9 Å². The van der Waals surface area contributed by atoms with Crippen molar-refractivity contribution in [2.75, 3.05) is 37.7 Å². The highest BCUT2D eigenvalue weighted by Crippen LogP contribution is 2.43. The van der Waals surface area contributed by atoms with Gasteiger partial charge in [0, 0.05) is 50.2 Å². The summed E-state index contributed by atoms with van der Waals surface area (Å²) in [6.07, 6.45) is 8.67. The number of hydrogen-bond acceptors (Lipinski definition) is 5. The summed E-state index contributed by atoms with van der Waals surface area (Å²) in [4.78, 5) is 14.4. The molecular formula is C23H30N4O. The number of aromatic nitrogens is 2. The first kappa shape index (κ1) is 18.1. The molecule has 5 heteroatoms. The van der Waals surface area contributed by atoms with Crippen molar-refractivity contribution in [3.05, 3.63) is 53.3 Å². The lowest BCUT2D eigenvalue weighted by molar-refractivity contribution is 0.0171. The molecule has 1 aromatic carbocycles. The first-order chi connectivity index (χ1) is 13.7. The van der Waals surface area contributed by atoms with Gasteiger partial charge in [0.2, 0.25) is 5.95 Å². The molecule has 2 aromatic rings. The van der Waals surface area contributed by atoms with E-state index in [4.69, 9.17) is 4.74 Å². The van der Waals surface area contributed by atoms with Crippen LogP contribution in [0.5, 0.6) is 0 Å². The van der Waals surface area contributed by atoms with Crippen molar-refractivity contribution in [2.24, 2.45) is 0 Å². The number of rotatable bonds is 2. The minimum Gasteiger partial charge on any atom is -0.381 e. The molecule has 1 aromatic heterocycles. The maximum Gasteiger partial charge on any atom is 0.225 e. The molecule has 0 radical (unpaired) electrons. The molecule has 0 atom stereocenters. The molecule has 1 spiro atoms. The molecule has 148 valence electrons. The molecule has 5 rings (SSSR count). The van der Waals surface area contributed by atoms with E-state index < -0.39 is 0 Å². The third kappa shape index (κ3) is 3.31. The summed E-state index contributed by atoms with van der Waals surface area (Å²) in [5.41, 5.74) is 4.33. The Morgan fingerprint density at radius 3 is 2.50 bits per heavy atom. The Kier molecular flexibility index (Phi) is 4.81. The Balaban J connectivity index is 1.40. The van der Waals surface area contributed by atoms with Crippen LogP contribution in [0.15, 0.2) is 36.7 Å². The van der Waals surface area contributed by atoms with Gasteiger partial charge >= 0.3 is 0 Å². The maximum absolute atomic E-state index is 5.57. The zero-order valence-electron chi connectivity index (χ0n) is 16.8. The highest BCUT2D eigenvalue weighted by atomic mass is 16.5. The molecule has 3 aliphatic rings. The summed E-state index contributed by atoms with van der Waals surface area (Å²) >= 11 is 0. The van der Waals surface area contributed by atoms with Crippen LogP contribution in [0.2, 0.25) is 0 Å². The van der Waals surface area contributed by atoms with Gasteiger partial charge in [0.15, 0.2) is 0 Å². The second-order valence-corrected chi connectivity index (χ2v) is 8.73. The summed E-state index contributed by atoms with van der Waals surface area (Å²) in [6, 6.07) is 9.75. The van der Waals surface area contributed by atoms with Gasteiger partial charge in [-0.25, -0.2) is 9.97 Å². The lowest BCUT2D eigenvalue weighted by Gasteiger charge is -2.50. The number of likely N-dealkylation sites (tertiary alicyclic amines) is 1. The topological polar surface area (TPSA) is 41.5 Å². The van der Waals surface area contributed by atoms with E-state index in [0.717, 1.165) is 37.8 Å². The van der Waals surface area contributed by atoms with Gasteiger partial charge in [-0.3, -0.25) is 0 Å². The lowest BCUT2D eigenvalue weighted by atomic mass is 9.68. The Labute approximate surface area is 167 Å². The van der Waals surface area contributed by atoms with Crippen LogP contribution in [0.1, 0.15) is 42.4 Å². The van der Waals surface area contributed by atoms with Gasteiger partial charge in [-0.1, -0.05) is 24.3 Å². The average molecular weight is 379 g/mol. The van der Waals surface area contributed by atoms with Crippen molar-refractivity contribution < 1.29 is 4.74 Å². The molecule has 2 saturated heterocycles. The molecular weight excluding hydrogens is 348 g/mol. The van der Waals surface area contributed by atoms with Crippen LogP contribution in [0.25, 0.3) is 0 Å². The normalized spacial score (nSPS) is 23.0. The summed E-state index contributed by atoms with van der Waals surface area (Å²) in [5, 5.41) is 0. The minimum absolute atomic E-state index is 0.213. The van der Waals surface area contributed by atoms with Gasteiger partial charge in [-0.2, -0.15) is 0 Å². The second kappa shape index (κ2) is 7.45. The first-order valence-corrected chi connectivity index (χ1v) is 10.7. The Bertz CT molecular complexity index is 808. The summed E-state index contributed by atoms with van der Waals surface area (Å²) in [6.45, 7) is 8.19. The third-order valence-electron chi connectivity index (χ3n) is 6.96. The molecule has 0 N–H and O–H groups in total. The van der Waals surface area contributed by atoms with Crippen LogP contribution < -0.4 is 4.90 Å². The van der Waals surface area contributed by atoms with E-state index in [1.165, 1.54) is 44.3 Å². The predicted octanol–water partition coefficient (Wildman–Crippen LogP) is 3.32. The molecule has 0 unspecified atom stereocenters. The van der Waals surface area contributed by atoms with Crippen molar-refractivity contribution in [3.63, 3.8) is 0 Å². The molecule has 5 nitrogen and oxygen atoms in total. The maximum atomic E-state index is 5.57. The summed E-state index contributed by atoms with van der Waals surface area (Å²) in [7, 11) is 0. The van der Waals surface area contributed by atoms with E-state index in [0.29, 0.717) is 6.04 Å². The first-order valence-electron chi connectivity index (χ1n) is 10.7. The number of nitrogens with zero attached hydrogens (tertiary/aromatic N) is 4.